The van der Waals surface area contributed by atoms with Crippen LogP contribution in [0.15, 0.2) is 134 Å². The number of dihydropyridines is 1. The number of nitrogens with one attached hydrogen (secondary N) is 3. The molecule has 0 saturated carbocycles. The SMILES string of the molecule is N#Cc1cc(C#N)cc(-c2ccc([C@@H](N)C(NC(=N)c3ccc(C4=CC=CCN4)cc3)c3ccc(-c4ccccn4)cc3)cc2)c1. The van der Waals surface area contributed by atoms with Crippen LogP contribution in [0.5, 0.6) is 0 Å². The Balaban J connectivity index is 1.29. The van der Waals surface area contributed by atoms with Crippen molar-refractivity contribution in [2.24, 2.45) is 5.73 Å². The first-order valence-corrected chi connectivity index (χ1v) is 14.9. The van der Waals surface area contributed by atoms with Gasteiger partial charge in [0.1, 0.15) is 5.84 Å². The summed E-state index contributed by atoms with van der Waals surface area (Å²) < 4.78 is 0. The van der Waals surface area contributed by atoms with Gasteiger partial charge in [-0.05, 0) is 64.2 Å². The van der Waals surface area contributed by atoms with Crippen LogP contribution in [-0.4, -0.2) is 17.4 Å². The Bertz CT molecular complexity index is 1960. The number of allylic oxidation sites excluding steroid dienone is 2. The van der Waals surface area contributed by atoms with Crippen molar-refractivity contribution in [2.75, 3.05) is 6.54 Å². The maximum absolute atomic E-state index is 9.41. The molecular formula is C39H31N7. The minimum absolute atomic E-state index is 0.264. The van der Waals surface area contributed by atoms with Crippen LogP contribution in [0.4, 0.5) is 0 Å². The molecule has 0 spiro atoms. The van der Waals surface area contributed by atoms with E-state index in [-0.39, 0.29) is 5.84 Å². The Morgan fingerprint density at radius 1 is 0.783 bits per heavy atom. The molecule has 0 saturated heterocycles. The second kappa shape index (κ2) is 13.6. The lowest BCUT2D eigenvalue weighted by Crippen LogP contribution is -2.36. The molecule has 1 aliphatic rings. The number of hydrogen-bond acceptors (Lipinski definition) is 6. The van der Waals surface area contributed by atoms with E-state index in [1.54, 1.807) is 24.4 Å². The van der Waals surface area contributed by atoms with Crippen LogP contribution < -0.4 is 16.4 Å². The third kappa shape index (κ3) is 6.61. The van der Waals surface area contributed by atoms with Gasteiger partial charge in [-0.25, -0.2) is 0 Å². The molecule has 0 fully saturated rings. The Kier molecular flexibility index (Phi) is 8.78. The van der Waals surface area contributed by atoms with Crippen molar-refractivity contribution in [3.8, 4) is 34.5 Å². The first kappa shape index (κ1) is 29.8. The number of pyridine rings is 1. The first-order chi connectivity index (χ1) is 22.5. The molecule has 0 aliphatic carbocycles. The number of nitrogens with zero attached hydrogens (tertiary/aromatic N) is 3. The highest BCUT2D eigenvalue weighted by Gasteiger charge is 2.23. The van der Waals surface area contributed by atoms with Gasteiger partial charge in [0.2, 0.25) is 0 Å². The highest BCUT2D eigenvalue weighted by atomic mass is 15.0. The van der Waals surface area contributed by atoms with E-state index < -0.39 is 12.1 Å². The molecule has 2 heterocycles. The van der Waals surface area contributed by atoms with Crippen molar-refractivity contribution >= 4 is 11.5 Å². The Hall–Kier alpha value is -6.28. The standard InChI is InChI=1S/C39H31N7/c40-24-26-21-27(25-41)23-34(22-26)28-7-13-31(14-8-28)37(42)38(32-15-9-29(10-16-32)35-5-1-3-19-44-35)46-39(43)33-17-11-30(12-18-33)36-6-2-4-20-45-36/h1-19,21-23,37-38,45H,20,42H2,(H2,43,46)/t37-,38?/m1/s1. The average Bonchev–Trinajstić information content (AvgIpc) is 3.14. The number of nitriles is 2. The van der Waals surface area contributed by atoms with Gasteiger partial charge in [0, 0.05) is 29.6 Å². The van der Waals surface area contributed by atoms with Crippen LogP contribution in [0.2, 0.25) is 0 Å². The maximum atomic E-state index is 9.41. The largest absolute Gasteiger partial charge is 0.381 e. The van der Waals surface area contributed by atoms with Gasteiger partial charge in [0.25, 0.3) is 0 Å². The lowest BCUT2D eigenvalue weighted by atomic mass is 9.91. The highest BCUT2D eigenvalue weighted by molar-refractivity contribution is 5.97. The molecule has 0 bridgehead atoms. The van der Waals surface area contributed by atoms with Gasteiger partial charge in [0.05, 0.1) is 41.0 Å². The van der Waals surface area contributed by atoms with Crippen LogP contribution in [0, 0.1) is 28.1 Å². The molecule has 5 aromatic rings. The van der Waals surface area contributed by atoms with E-state index in [0.717, 1.165) is 56.9 Å². The van der Waals surface area contributed by atoms with Crippen molar-refractivity contribution in [2.45, 2.75) is 12.1 Å². The quantitative estimate of drug-likeness (QED) is 0.112. The van der Waals surface area contributed by atoms with Gasteiger partial charge in [-0.2, -0.15) is 10.5 Å². The average molecular weight is 598 g/mol. The van der Waals surface area contributed by atoms with Crippen molar-refractivity contribution < 1.29 is 0 Å². The van der Waals surface area contributed by atoms with Crippen molar-refractivity contribution in [1.82, 2.24) is 15.6 Å². The van der Waals surface area contributed by atoms with Crippen LogP contribution >= 0.6 is 0 Å². The lowest BCUT2D eigenvalue weighted by molar-refractivity contribution is 0.524. The molecule has 46 heavy (non-hydrogen) atoms. The Morgan fingerprint density at radius 2 is 1.43 bits per heavy atom. The summed E-state index contributed by atoms with van der Waals surface area (Å²) in [5, 5.41) is 34.6. The third-order valence-corrected chi connectivity index (χ3v) is 8.00. The summed E-state index contributed by atoms with van der Waals surface area (Å²) in [6.07, 6.45) is 7.91. The molecule has 0 radical (unpaired) electrons. The zero-order valence-corrected chi connectivity index (χ0v) is 25.0. The summed E-state index contributed by atoms with van der Waals surface area (Å²) in [5.41, 5.74) is 16.0. The molecule has 7 heteroatoms. The number of benzene rings is 4. The molecule has 1 aromatic heterocycles. The molecule has 4 aromatic carbocycles. The van der Waals surface area contributed by atoms with Gasteiger partial charge in [-0.15, -0.1) is 0 Å². The van der Waals surface area contributed by atoms with Crippen LogP contribution in [-0.2, 0) is 0 Å². The van der Waals surface area contributed by atoms with E-state index in [2.05, 4.69) is 33.8 Å². The smallest absolute Gasteiger partial charge is 0.125 e. The second-order valence-electron chi connectivity index (χ2n) is 11.0. The van der Waals surface area contributed by atoms with Crippen molar-refractivity contribution in [1.29, 1.82) is 15.9 Å². The first-order valence-electron chi connectivity index (χ1n) is 14.9. The predicted molar refractivity (Wildman–Crippen MR) is 182 cm³/mol. The van der Waals surface area contributed by atoms with E-state index in [9.17, 15) is 10.5 Å². The van der Waals surface area contributed by atoms with E-state index >= 15 is 0 Å². The zero-order chi connectivity index (χ0) is 31.9. The van der Waals surface area contributed by atoms with E-state index in [4.69, 9.17) is 11.1 Å². The number of rotatable bonds is 8. The fourth-order valence-corrected chi connectivity index (χ4v) is 5.50. The van der Waals surface area contributed by atoms with Gasteiger partial charge in [0.15, 0.2) is 0 Å². The van der Waals surface area contributed by atoms with E-state index in [0.29, 0.717) is 11.1 Å². The molecule has 7 nitrogen and oxygen atoms in total. The van der Waals surface area contributed by atoms with Crippen LogP contribution in [0.3, 0.4) is 0 Å². The lowest BCUT2D eigenvalue weighted by Gasteiger charge is -2.28. The molecule has 5 N–H and O–H groups in total. The molecule has 1 aliphatic heterocycles. The second-order valence-corrected chi connectivity index (χ2v) is 11.0. The monoisotopic (exact) mass is 597 g/mol. The molecule has 6 rings (SSSR count). The fraction of sp³-hybridized carbons (Fsp3) is 0.0769. The number of aromatic nitrogens is 1. The normalized spacial score (nSPS) is 13.3. The minimum atomic E-state index is -0.502. The summed E-state index contributed by atoms with van der Waals surface area (Å²) in [4.78, 5) is 4.47. The maximum Gasteiger partial charge on any atom is 0.125 e. The van der Waals surface area contributed by atoms with Gasteiger partial charge >= 0.3 is 0 Å². The van der Waals surface area contributed by atoms with Crippen molar-refractivity contribution in [3.05, 3.63) is 167 Å². The topological polar surface area (TPSA) is 134 Å². The van der Waals surface area contributed by atoms with Crippen LogP contribution in [0.25, 0.3) is 28.1 Å². The summed E-state index contributed by atoms with van der Waals surface area (Å²) in [5.74, 6) is 0.264. The predicted octanol–water partition coefficient (Wildman–Crippen LogP) is 7.02. The van der Waals surface area contributed by atoms with E-state index in [1.807, 2.05) is 103 Å². The Labute approximate surface area is 268 Å². The summed E-state index contributed by atoms with van der Waals surface area (Å²) in [6.45, 7) is 0.789. The number of nitrogens with two attached hydrogens (primary N) is 1. The Morgan fingerprint density at radius 3 is 2.04 bits per heavy atom. The molecular weight excluding hydrogens is 566 g/mol. The summed E-state index contributed by atoms with van der Waals surface area (Å²) in [7, 11) is 0. The summed E-state index contributed by atoms with van der Waals surface area (Å²) >= 11 is 0. The molecule has 0 amide bonds. The fourth-order valence-electron chi connectivity index (χ4n) is 5.50. The minimum Gasteiger partial charge on any atom is -0.381 e. The highest BCUT2D eigenvalue weighted by Crippen LogP contribution is 2.31. The number of amidine groups is 1. The van der Waals surface area contributed by atoms with Gasteiger partial charge < -0.3 is 16.4 Å². The third-order valence-electron chi connectivity index (χ3n) is 8.00. The molecule has 222 valence electrons. The molecule has 1 unspecified atom stereocenters. The zero-order valence-electron chi connectivity index (χ0n) is 25.0. The van der Waals surface area contributed by atoms with Gasteiger partial charge in [-0.3, -0.25) is 10.4 Å². The van der Waals surface area contributed by atoms with Crippen LogP contribution in [0.1, 0.15) is 45.5 Å². The van der Waals surface area contributed by atoms with Crippen molar-refractivity contribution in [3.63, 3.8) is 0 Å². The van der Waals surface area contributed by atoms with E-state index in [1.165, 1.54) is 0 Å². The summed E-state index contributed by atoms with van der Waals surface area (Å²) in [6, 6.07) is 38.1. The molecule has 2 atom stereocenters. The number of hydrogen-bond donors (Lipinski definition) is 4. The van der Waals surface area contributed by atoms with Gasteiger partial charge in [-0.1, -0.05) is 91.0 Å².